The molecule has 0 bridgehead atoms. The normalized spacial score (nSPS) is 14.7. The first kappa shape index (κ1) is 14.7. The number of thioether (sulfide) groups is 1. The van der Waals surface area contributed by atoms with Crippen LogP contribution in [-0.4, -0.2) is 42.7 Å². The number of halogens is 1. The SMILES string of the molecule is CN(CCSc1ccc(Cl)cc1)CC(=O)NC1CC1. The van der Waals surface area contributed by atoms with Crippen LogP contribution in [0.1, 0.15) is 12.8 Å². The minimum Gasteiger partial charge on any atom is -0.352 e. The summed E-state index contributed by atoms with van der Waals surface area (Å²) in [7, 11) is 1.98. The van der Waals surface area contributed by atoms with E-state index in [0.29, 0.717) is 12.6 Å². The summed E-state index contributed by atoms with van der Waals surface area (Å²) in [6, 6.07) is 8.29. The summed E-state index contributed by atoms with van der Waals surface area (Å²) >= 11 is 7.62. The summed E-state index contributed by atoms with van der Waals surface area (Å²) in [6.07, 6.45) is 2.28. The molecule has 1 aromatic carbocycles. The van der Waals surface area contributed by atoms with Crippen molar-refractivity contribution in [2.45, 2.75) is 23.8 Å². The lowest BCUT2D eigenvalue weighted by atomic mass is 10.4. The smallest absolute Gasteiger partial charge is 0.234 e. The van der Waals surface area contributed by atoms with Gasteiger partial charge in [-0.25, -0.2) is 0 Å². The van der Waals surface area contributed by atoms with Crippen LogP contribution in [0.4, 0.5) is 0 Å². The van der Waals surface area contributed by atoms with Gasteiger partial charge in [-0.05, 0) is 44.2 Å². The van der Waals surface area contributed by atoms with Gasteiger partial charge in [0, 0.05) is 28.3 Å². The second-order valence-corrected chi connectivity index (χ2v) is 6.49. The van der Waals surface area contributed by atoms with Gasteiger partial charge in [0.25, 0.3) is 0 Å². The molecule has 3 nitrogen and oxygen atoms in total. The number of carbonyl (C=O) groups is 1. The van der Waals surface area contributed by atoms with Crippen LogP contribution < -0.4 is 5.32 Å². The molecule has 1 N–H and O–H groups in total. The van der Waals surface area contributed by atoms with Gasteiger partial charge in [0.2, 0.25) is 5.91 Å². The molecule has 5 heteroatoms. The Hall–Kier alpha value is -0.710. The van der Waals surface area contributed by atoms with E-state index < -0.39 is 0 Å². The fraction of sp³-hybridized carbons (Fsp3) is 0.500. The number of hydrogen-bond donors (Lipinski definition) is 1. The zero-order chi connectivity index (χ0) is 13.7. The topological polar surface area (TPSA) is 32.3 Å². The Labute approximate surface area is 123 Å². The van der Waals surface area contributed by atoms with Crippen molar-refractivity contribution in [2.75, 3.05) is 25.9 Å². The molecule has 2 rings (SSSR count). The number of rotatable bonds is 7. The number of hydrogen-bond acceptors (Lipinski definition) is 3. The zero-order valence-electron chi connectivity index (χ0n) is 11.1. The lowest BCUT2D eigenvalue weighted by Crippen LogP contribution is -2.37. The number of likely N-dealkylation sites (N-methyl/N-ethyl adjacent to an activating group) is 1. The number of amides is 1. The molecule has 104 valence electrons. The molecule has 1 aliphatic rings. The van der Waals surface area contributed by atoms with E-state index in [1.807, 2.05) is 31.3 Å². The summed E-state index contributed by atoms with van der Waals surface area (Å²) in [4.78, 5) is 14.9. The second kappa shape index (κ2) is 7.17. The molecule has 0 saturated heterocycles. The van der Waals surface area contributed by atoms with E-state index in [2.05, 4.69) is 10.2 Å². The van der Waals surface area contributed by atoms with Gasteiger partial charge in [-0.1, -0.05) is 11.6 Å². The van der Waals surface area contributed by atoms with Crippen molar-refractivity contribution in [1.29, 1.82) is 0 Å². The average molecular weight is 299 g/mol. The van der Waals surface area contributed by atoms with Crippen LogP contribution in [0.3, 0.4) is 0 Å². The summed E-state index contributed by atoms with van der Waals surface area (Å²) in [6.45, 7) is 1.38. The van der Waals surface area contributed by atoms with Crippen LogP contribution in [0.25, 0.3) is 0 Å². The van der Waals surface area contributed by atoms with E-state index >= 15 is 0 Å². The molecule has 0 radical (unpaired) electrons. The van der Waals surface area contributed by atoms with Gasteiger partial charge in [-0.15, -0.1) is 11.8 Å². The molecule has 1 saturated carbocycles. The highest BCUT2D eigenvalue weighted by atomic mass is 35.5. The Morgan fingerprint density at radius 2 is 2.11 bits per heavy atom. The average Bonchev–Trinajstić information content (AvgIpc) is 3.15. The Bertz CT molecular complexity index is 420. The van der Waals surface area contributed by atoms with Crippen molar-refractivity contribution in [3.63, 3.8) is 0 Å². The molecule has 0 atom stereocenters. The molecule has 0 spiro atoms. The Morgan fingerprint density at radius 1 is 1.42 bits per heavy atom. The van der Waals surface area contributed by atoms with Gasteiger partial charge in [-0.2, -0.15) is 0 Å². The van der Waals surface area contributed by atoms with Crippen molar-refractivity contribution in [3.05, 3.63) is 29.3 Å². The molecule has 0 unspecified atom stereocenters. The van der Waals surface area contributed by atoms with Crippen molar-refractivity contribution in [3.8, 4) is 0 Å². The molecular formula is C14H19ClN2OS. The summed E-state index contributed by atoms with van der Waals surface area (Å²) in [5, 5.41) is 3.76. The lowest BCUT2D eigenvalue weighted by molar-refractivity contribution is -0.122. The van der Waals surface area contributed by atoms with E-state index in [9.17, 15) is 4.79 Å². The fourth-order valence-electron chi connectivity index (χ4n) is 1.68. The van der Waals surface area contributed by atoms with Crippen molar-refractivity contribution in [2.24, 2.45) is 0 Å². The first-order valence-corrected chi connectivity index (χ1v) is 7.86. The number of nitrogens with one attached hydrogen (secondary N) is 1. The maximum atomic E-state index is 11.6. The molecule has 19 heavy (non-hydrogen) atoms. The Balaban J connectivity index is 1.61. The van der Waals surface area contributed by atoms with Gasteiger partial charge in [0.15, 0.2) is 0 Å². The van der Waals surface area contributed by atoms with E-state index in [4.69, 9.17) is 11.6 Å². The highest BCUT2D eigenvalue weighted by Crippen LogP contribution is 2.20. The summed E-state index contributed by atoms with van der Waals surface area (Å²) in [5.41, 5.74) is 0. The molecule has 1 fully saturated rings. The van der Waals surface area contributed by atoms with E-state index in [0.717, 1.165) is 30.2 Å². The third-order valence-electron chi connectivity index (χ3n) is 2.91. The van der Waals surface area contributed by atoms with E-state index in [1.165, 1.54) is 4.90 Å². The van der Waals surface area contributed by atoms with Gasteiger partial charge in [-0.3, -0.25) is 9.69 Å². The minimum atomic E-state index is 0.140. The molecule has 0 heterocycles. The van der Waals surface area contributed by atoms with Crippen LogP contribution in [0.5, 0.6) is 0 Å². The van der Waals surface area contributed by atoms with Crippen LogP contribution in [0, 0.1) is 0 Å². The Morgan fingerprint density at radius 3 is 2.74 bits per heavy atom. The van der Waals surface area contributed by atoms with Crippen LogP contribution in [-0.2, 0) is 4.79 Å². The highest BCUT2D eigenvalue weighted by molar-refractivity contribution is 7.99. The lowest BCUT2D eigenvalue weighted by Gasteiger charge is -2.15. The Kier molecular flexibility index (Phi) is 5.55. The number of carbonyl (C=O) groups excluding carboxylic acids is 1. The minimum absolute atomic E-state index is 0.140. The molecule has 0 aromatic heterocycles. The molecule has 1 aromatic rings. The van der Waals surface area contributed by atoms with Gasteiger partial charge in [0.05, 0.1) is 6.54 Å². The van der Waals surface area contributed by atoms with Crippen molar-refractivity contribution < 1.29 is 4.79 Å². The third kappa shape index (κ3) is 5.85. The van der Waals surface area contributed by atoms with Crippen molar-refractivity contribution in [1.82, 2.24) is 10.2 Å². The number of benzene rings is 1. The van der Waals surface area contributed by atoms with E-state index in [1.54, 1.807) is 11.8 Å². The number of nitrogens with zero attached hydrogens (tertiary/aromatic N) is 1. The summed E-state index contributed by atoms with van der Waals surface area (Å²) in [5.74, 6) is 1.11. The molecular weight excluding hydrogens is 280 g/mol. The van der Waals surface area contributed by atoms with Gasteiger partial charge >= 0.3 is 0 Å². The van der Waals surface area contributed by atoms with Gasteiger partial charge in [0.1, 0.15) is 0 Å². The van der Waals surface area contributed by atoms with Crippen molar-refractivity contribution >= 4 is 29.3 Å². The predicted molar refractivity (Wildman–Crippen MR) is 80.8 cm³/mol. The van der Waals surface area contributed by atoms with Gasteiger partial charge < -0.3 is 5.32 Å². The quantitative estimate of drug-likeness (QED) is 0.786. The maximum Gasteiger partial charge on any atom is 0.234 e. The van der Waals surface area contributed by atoms with Crippen LogP contribution >= 0.6 is 23.4 Å². The second-order valence-electron chi connectivity index (χ2n) is 4.88. The molecule has 1 aliphatic carbocycles. The maximum absolute atomic E-state index is 11.6. The third-order valence-corrected chi connectivity index (χ3v) is 4.16. The predicted octanol–water partition coefficient (Wildman–Crippen LogP) is 2.64. The highest BCUT2D eigenvalue weighted by Gasteiger charge is 2.23. The zero-order valence-corrected chi connectivity index (χ0v) is 12.6. The van der Waals surface area contributed by atoms with Crippen LogP contribution in [0.2, 0.25) is 5.02 Å². The molecule has 1 amide bonds. The first-order valence-electron chi connectivity index (χ1n) is 6.50. The summed E-state index contributed by atoms with van der Waals surface area (Å²) < 4.78 is 0. The monoisotopic (exact) mass is 298 g/mol. The fourth-order valence-corrected chi connectivity index (χ4v) is 2.77. The standard InChI is InChI=1S/C14H19ClN2OS/c1-17(10-14(18)16-12-4-5-12)8-9-19-13-6-2-11(15)3-7-13/h2-3,6-7,12H,4-5,8-10H2,1H3,(H,16,18). The first-order chi connectivity index (χ1) is 9.13. The van der Waals surface area contributed by atoms with E-state index in [-0.39, 0.29) is 5.91 Å². The van der Waals surface area contributed by atoms with Crippen LogP contribution in [0.15, 0.2) is 29.2 Å². The largest absolute Gasteiger partial charge is 0.352 e. The molecule has 0 aliphatic heterocycles.